The van der Waals surface area contributed by atoms with Gasteiger partial charge in [-0.15, -0.1) is 11.3 Å². The van der Waals surface area contributed by atoms with Gasteiger partial charge in [0.15, 0.2) is 5.72 Å². The lowest BCUT2D eigenvalue weighted by atomic mass is 10.0. The van der Waals surface area contributed by atoms with Crippen LogP contribution in [-0.4, -0.2) is 55.8 Å². The first-order valence-electron chi connectivity index (χ1n) is 11.4. The van der Waals surface area contributed by atoms with E-state index in [4.69, 9.17) is 9.72 Å². The Morgan fingerprint density at radius 2 is 1.89 bits per heavy atom. The fourth-order valence-corrected chi connectivity index (χ4v) is 5.46. The molecule has 1 aliphatic rings. The van der Waals surface area contributed by atoms with Crippen molar-refractivity contribution in [1.29, 1.82) is 0 Å². The van der Waals surface area contributed by atoms with E-state index in [9.17, 15) is 15.3 Å². The quantitative estimate of drug-likeness (QED) is 0.245. The number of fused-ring (bicyclic) bond motifs is 1. The molecule has 5 rings (SSSR count). The normalized spacial score (nSPS) is 21.9. The van der Waals surface area contributed by atoms with Gasteiger partial charge in [-0.25, -0.2) is 9.97 Å². The SMILES string of the molecule is COc1ccc(Nc2nc(C)c(-c3nc4ccccc4s3)c(NC3(O)CCC(CO)C3O)n2)cc1. The second-order valence-corrected chi connectivity index (χ2v) is 9.70. The molecule has 182 valence electrons. The van der Waals surface area contributed by atoms with Crippen molar-refractivity contribution in [3.8, 4) is 16.3 Å². The van der Waals surface area contributed by atoms with E-state index in [0.29, 0.717) is 34.5 Å². The predicted octanol–water partition coefficient (Wildman–Crippen LogP) is 3.68. The van der Waals surface area contributed by atoms with Crippen LogP contribution in [0.5, 0.6) is 5.75 Å². The lowest BCUT2D eigenvalue weighted by Crippen LogP contribution is -2.48. The molecular weight excluding hydrogens is 466 g/mol. The zero-order valence-corrected chi connectivity index (χ0v) is 20.2. The number of para-hydroxylation sites is 1. The maximum Gasteiger partial charge on any atom is 0.229 e. The van der Waals surface area contributed by atoms with E-state index in [1.165, 1.54) is 11.3 Å². The third-order valence-corrected chi connectivity index (χ3v) is 7.40. The smallest absolute Gasteiger partial charge is 0.229 e. The molecule has 9 nitrogen and oxygen atoms in total. The van der Waals surface area contributed by atoms with E-state index >= 15 is 0 Å². The van der Waals surface area contributed by atoms with Gasteiger partial charge in [0.1, 0.15) is 22.7 Å². The number of aryl methyl sites for hydroxylation is 1. The molecule has 2 aromatic carbocycles. The van der Waals surface area contributed by atoms with Gasteiger partial charge in [0, 0.05) is 18.2 Å². The van der Waals surface area contributed by atoms with Gasteiger partial charge in [0.2, 0.25) is 5.95 Å². The number of nitrogens with zero attached hydrogens (tertiary/aromatic N) is 3. The van der Waals surface area contributed by atoms with Crippen molar-refractivity contribution in [2.45, 2.75) is 31.6 Å². The Morgan fingerprint density at radius 1 is 1.11 bits per heavy atom. The highest BCUT2D eigenvalue weighted by Gasteiger charge is 2.47. The summed E-state index contributed by atoms with van der Waals surface area (Å²) in [6.07, 6.45) is -0.397. The number of thiazole rings is 1. The fourth-order valence-electron chi connectivity index (χ4n) is 4.39. The summed E-state index contributed by atoms with van der Waals surface area (Å²) in [5.74, 6) is 0.998. The van der Waals surface area contributed by atoms with Crippen LogP contribution >= 0.6 is 11.3 Å². The molecule has 3 atom stereocenters. The highest BCUT2D eigenvalue weighted by molar-refractivity contribution is 7.21. The van der Waals surface area contributed by atoms with E-state index in [1.54, 1.807) is 7.11 Å². The largest absolute Gasteiger partial charge is 0.497 e. The van der Waals surface area contributed by atoms with Crippen molar-refractivity contribution >= 4 is 39.0 Å². The summed E-state index contributed by atoms with van der Waals surface area (Å²) in [7, 11) is 1.61. The number of nitrogens with one attached hydrogen (secondary N) is 2. The molecule has 3 unspecified atom stereocenters. The van der Waals surface area contributed by atoms with Gasteiger partial charge in [0.05, 0.1) is 28.6 Å². The minimum absolute atomic E-state index is 0.205. The van der Waals surface area contributed by atoms with Gasteiger partial charge < -0.3 is 30.7 Å². The van der Waals surface area contributed by atoms with Crippen LogP contribution in [0.4, 0.5) is 17.5 Å². The number of aliphatic hydroxyl groups is 3. The zero-order chi connectivity index (χ0) is 24.6. The zero-order valence-electron chi connectivity index (χ0n) is 19.4. The first-order valence-corrected chi connectivity index (χ1v) is 12.2. The number of anilines is 3. The van der Waals surface area contributed by atoms with Gasteiger partial charge in [0.25, 0.3) is 0 Å². The lowest BCUT2D eigenvalue weighted by molar-refractivity contribution is -0.0545. The molecule has 1 saturated carbocycles. The Balaban J connectivity index is 1.57. The van der Waals surface area contributed by atoms with Crippen LogP contribution in [0.3, 0.4) is 0 Å². The predicted molar refractivity (Wildman–Crippen MR) is 136 cm³/mol. The van der Waals surface area contributed by atoms with E-state index in [1.807, 2.05) is 55.5 Å². The molecule has 35 heavy (non-hydrogen) atoms. The third kappa shape index (κ3) is 4.53. The average Bonchev–Trinajstić information content (AvgIpc) is 3.40. The molecule has 0 aliphatic heterocycles. The molecule has 5 N–H and O–H groups in total. The topological polar surface area (TPSA) is 133 Å². The first-order chi connectivity index (χ1) is 16.9. The van der Waals surface area contributed by atoms with Crippen LogP contribution in [0.1, 0.15) is 18.5 Å². The van der Waals surface area contributed by atoms with Gasteiger partial charge >= 0.3 is 0 Å². The Hall–Kier alpha value is -3.31. The molecule has 0 bridgehead atoms. The summed E-state index contributed by atoms with van der Waals surface area (Å²) in [6, 6.07) is 15.2. The molecule has 10 heteroatoms. The van der Waals surface area contributed by atoms with Crippen molar-refractivity contribution in [2.24, 2.45) is 5.92 Å². The first kappa shape index (κ1) is 23.4. The molecule has 0 amide bonds. The fraction of sp³-hybridized carbons (Fsp3) is 0.320. The second kappa shape index (κ2) is 9.38. The molecule has 4 aromatic rings. The summed E-state index contributed by atoms with van der Waals surface area (Å²) in [4.78, 5) is 14.1. The minimum Gasteiger partial charge on any atom is -0.497 e. The maximum absolute atomic E-state index is 11.3. The Bertz CT molecular complexity index is 1310. The molecule has 2 heterocycles. The summed E-state index contributed by atoms with van der Waals surface area (Å²) >= 11 is 1.51. The van der Waals surface area contributed by atoms with Crippen LogP contribution in [-0.2, 0) is 0 Å². The number of benzene rings is 2. The molecule has 0 saturated heterocycles. The highest BCUT2D eigenvalue weighted by Crippen LogP contribution is 2.40. The number of hydrogen-bond acceptors (Lipinski definition) is 10. The Morgan fingerprint density at radius 3 is 2.57 bits per heavy atom. The number of aromatic nitrogens is 3. The lowest BCUT2D eigenvalue weighted by Gasteiger charge is -2.31. The van der Waals surface area contributed by atoms with Crippen molar-refractivity contribution in [3.05, 3.63) is 54.2 Å². The van der Waals surface area contributed by atoms with Crippen LogP contribution in [0.2, 0.25) is 0 Å². The van der Waals surface area contributed by atoms with Crippen LogP contribution in [0.25, 0.3) is 20.8 Å². The van der Waals surface area contributed by atoms with Crippen LogP contribution in [0.15, 0.2) is 48.5 Å². The van der Waals surface area contributed by atoms with Crippen LogP contribution in [0, 0.1) is 12.8 Å². The molecule has 1 aliphatic carbocycles. The van der Waals surface area contributed by atoms with Crippen LogP contribution < -0.4 is 15.4 Å². The summed E-state index contributed by atoms with van der Waals surface area (Å²) in [6.45, 7) is 1.65. The van der Waals surface area contributed by atoms with E-state index in [0.717, 1.165) is 21.7 Å². The number of hydrogen-bond donors (Lipinski definition) is 5. The Kier molecular flexibility index (Phi) is 6.28. The molecule has 0 radical (unpaired) electrons. The van der Waals surface area contributed by atoms with Crippen molar-refractivity contribution < 1.29 is 20.1 Å². The van der Waals surface area contributed by atoms with Gasteiger partial charge in [-0.05, 0) is 56.2 Å². The summed E-state index contributed by atoms with van der Waals surface area (Å²) in [5, 5.41) is 38.5. The number of rotatable bonds is 7. The molecule has 2 aromatic heterocycles. The number of methoxy groups -OCH3 is 1. The minimum atomic E-state index is -1.64. The highest BCUT2D eigenvalue weighted by atomic mass is 32.1. The van der Waals surface area contributed by atoms with E-state index in [-0.39, 0.29) is 13.0 Å². The standard InChI is InChI=1S/C25H27N5O4S/c1-14-20(23-28-18-5-3-4-6-19(18)35-23)22(30-25(33)12-11-15(13-31)21(25)32)29-24(26-14)27-16-7-9-17(34-2)10-8-16/h3-10,15,21,31-33H,11-13H2,1-2H3,(H2,26,27,29,30). The van der Waals surface area contributed by atoms with Gasteiger partial charge in [-0.3, -0.25) is 0 Å². The Labute approximate surface area is 206 Å². The second-order valence-electron chi connectivity index (χ2n) is 8.67. The number of ether oxygens (including phenoxy) is 1. The molecular formula is C25H27N5O4S. The van der Waals surface area contributed by atoms with Crippen molar-refractivity contribution in [2.75, 3.05) is 24.4 Å². The maximum atomic E-state index is 11.3. The van der Waals surface area contributed by atoms with Crippen molar-refractivity contribution in [1.82, 2.24) is 15.0 Å². The molecule has 0 spiro atoms. The number of aliphatic hydroxyl groups excluding tert-OH is 2. The third-order valence-electron chi connectivity index (χ3n) is 6.35. The van der Waals surface area contributed by atoms with Gasteiger partial charge in [-0.2, -0.15) is 4.98 Å². The summed E-state index contributed by atoms with van der Waals surface area (Å²) < 4.78 is 6.24. The van der Waals surface area contributed by atoms with E-state index in [2.05, 4.69) is 20.6 Å². The van der Waals surface area contributed by atoms with Gasteiger partial charge in [-0.1, -0.05) is 12.1 Å². The van der Waals surface area contributed by atoms with Crippen molar-refractivity contribution in [3.63, 3.8) is 0 Å². The monoisotopic (exact) mass is 493 g/mol. The summed E-state index contributed by atoms with van der Waals surface area (Å²) in [5.41, 5.74) is 1.30. The molecule has 1 fully saturated rings. The average molecular weight is 494 g/mol. The van der Waals surface area contributed by atoms with E-state index < -0.39 is 17.7 Å².